The van der Waals surface area contributed by atoms with E-state index in [4.69, 9.17) is 0 Å². The molecule has 0 aliphatic carbocycles. The Balaban J connectivity index is 2.75. The molecule has 0 aliphatic rings. The SMILES string of the molecule is CC#CCCc1cccc(Br)c1C. The van der Waals surface area contributed by atoms with Crippen molar-refractivity contribution in [3.05, 3.63) is 33.8 Å². The average Bonchev–Trinajstić information content (AvgIpc) is 2.13. The third-order valence-electron chi connectivity index (χ3n) is 2.08. The normalized spacial score (nSPS) is 9.15. The zero-order valence-corrected chi connectivity index (χ0v) is 9.61. The zero-order valence-electron chi connectivity index (χ0n) is 8.02. The summed E-state index contributed by atoms with van der Waals surface area (Å²) >= 11 is 3.52. The molecule has 68 valence electrons. The first-order valence-corrected chi connectivity index (χ1v) is 5.18. The molecular formula is C12H13Br. The lowest BCUT2D eigenvalue weighted by Crippen LogP contribution is -1.89. The molecule has 0 amide bonds. The Kier molecular flexibility index (Phi) is 4.05. The maximum Gasteiger partial charge on any atom is 0.0207 e. The van der Waals surface area contributed by atoms with Crippen LogP contribution in [-0.4, -0.2) is 0 Å². The van der Waals surface area contributed by atoms with Gasteiger partial charge in [0.2, 0.25) is 0 Å². The van der Waals surface area contributed by atoms with Crippen LogP contribution in [0.2, 0.25) is 0 Å². The van der Waals surface area contributed by atoms with Gasteiger partial charge in [-0.2, -0.15) is 0 Å². The molecule has 0 aliphatic heterocycles. The smallest absolute Gasteiger partial charge is 0.0207 e. The first kappa shape index (κ1) is 10.3. The topological polar surface area (TPSA) is 0 Å². The molecule has 0 aromatic heterocycles. The predicted octanol–water partition coefficient (Wildman–Crippen LogP) is 3.71. The number of aryl methyl sites for hydroxylation is 1. The predicted molar refractivity (Wildman–Crippen MR) is 60.7 cm³/mol. The molecule has 0 heterocycles. The van der Waals surface area contributed by atoms with Gasteiger partial charge < -0.3 is 0 Å². The molecule has 0 bridgehead atoms. The van der Waals surface area contributed by atoms with E-state index in [-0.39, 0.29) is 0 Å². The molecule has 1 heteroatoms. The van der Waals surface area contributed by atoms with Gasteiger partial charge in [0.05, 0.1) is 0 Å². The Morgan fingerprint density at radius 1 is 1.38 bits per heavy atom. The van der Waals surface area contributed by atoms with Crippen LogP contribution in [0.25, 0.3) is 0 Å². The van der Waals surface area contributed by atoms with Crippen LogP contribution in [0.1, 0.15) is 24.5 Å². The summed E-state index contributed by atoms with van der Waals surface area (Å²) in [5.41, 5.74) is 2.72. The van der Waals surface area contributed by atoms with E-state index in [0.717, 1.165) is 12.8 Å². The molecule has 0 nitrogen and oxygen atoms in total. The average molecular weight is 237 g/mol. The summed E-state index contributed by atoms with van der Waals surface area (Å²) in [6.07, 6.45) is 2.00. The molecule has 0 unspecified atom stereocenters. The van der Waals surface area contributed by atoms with Crippen LogP contribution in [0, 0.1) is 18.8 Å². The Morgan fingerprint density at radius 3 is 2.85 bits per heavy atom. The molecule has 0 fully saturated rings. The summed E-state index contributed by atoms with van der Waals surface area (Å²) in [6, 6.07) is 6.31. The van der Waals surface area contributed by atoms with Crippen LogP contribution < -0.4 is 0 Å². The Labute approximate surface area is 88.5 Å². The highest BCUT2D eigenvalue weighted by atomic mass is 79.9. The van der Waals surface area contributed by atoms with Gasteiger partial charge in [-0.3, -0.25) is 0 Å². The van der Waals surface area contributed by atoms with E-state index in [1.165, 1.54) is 15.6 Å². The third kappa shape index (κ3) is 2.90. The molecular weight excluding hydrogens is 224 g/mol. The number of hydrogen-bond donors (Lipinski definition) is 0. The van der Waals surface area contributed by atoms with Crippen molar-refractivity contribution >= 4 is 15.9 Å². The quantitative estimate of drug-likeness (QED) is 0.688. The van der Waals surface area contributed by atoms with E-state index in [0.29, 0.717) is 0 Å². The summed E-state index contributed by atoms with van der Waals surface area (Å²) in [5.74, 6) is 5.99. The monoisotopic (exact) mass is 236 g/mol. The van der Waals surface area contributed by atoms with E-state index in [1.807, 2.05) is 6.92 Å². The zero-order chi connectivity index (χ0) is 9.68. The Hall–Kier alpha value is -0.740. The fourth-order valence-corrected chi connectivity index (χ4v) is 1.65. The van der Waals surface area contributed by atoms with Crippen molar-refractivity contribution < 1.29 is 0 Å². The first-order chi connectivity index (χ1) is 6.25. The van der Waals surface area contributed by atoms with Crippen molar-refractivity contribution in [3.63, 3.8) is 0 Å². The fraction of sp³-hybridized carbons (Fsp3) is 0.333. The molecule has 1 rings (SSSR count). The molecule has 0 radical (unpaired) electrons. The molecule has 0 N–H and O–H groups in total. The minimum Gasteiger partial charge on any atom is -0.107 e. The second-order valence-corrected chi connectivity index (χ2v) is 3.81. The van der Waals surface area contributed by atoms with Crippen LogP contribution in [0.5, 0.6) is 0 Å². The van der Waals surface area contributed by atoms with Gasteiger partial charge in [-0.25, -0.2) is 0 Å². The third-order valence-corrected chi connectivity index (χ3v) is 2.94. The second-order valence-electron chi connectivity index (χ2n) is 2.95. The van der Waals surface area contributed by atoms with Crippen LogP contribution in [0.4, 0.5) is 0 Å². The van der Waals surface area contributed by atoms with Gasteiger partial charge in [0.15, 0.2) is 0 Å². The number of hydrogen-bond acceptors (Lipinski definition) is 0. The molecule has 1 aromatic rings. The maximum atomic E-state index is 3.52. The van der Waals surface area contributed by atoms with Gasteiger partial charge in [0, 0.05) is 10.9 Å². The van der Waals surface area contributed by atoms with Gasteiger partial charge in [-0.1, -0.05) is 28.1 Å². The van der Waals surface area contributed by atoms with Gasteiger partial charge in [0.1, 0.15) is 0 Å². The summed E-state index contributed by atoms with van der Waals surface area (Å²) < 4.78 is 1.19. The van der Waals surface area contributed by atoms with E-state index in [1.54, 1.807) is 0 Å². The van der Waals surface area contributed by atoms with Crippen LogP contribution >= 0.6 is 15.9 Å². The largest absolute Gasteiger partial charge is 0.107 e. The Bertz CT molecular complexity index is 342. The van der Waals surface area contributed by atoms with E-state index in [9.17, 15) is 0 Å². The molecule has 0 saturated heterocycles. The summed E-state index contributed by atoms with van der Waals surface area (Å²) in [7, 11) is 0. The summed E-state index contributed by atoms with van der Waals surface area (Å²) in [5, 5.41) is 0. The highest BCUT2D eigenvalue weighted by molar-refractivity contribution is 9.10. The van der Waals surface area contributed by atoms with Gasteiger partial charge in [-0.15, -0.1) is 11.8 Å². The lowest BCUT2D eigenvalue weighted by molar-refractivity contribution is 1.01. The van der Waals surface area contributed by atoms with E-state index in [2.05, 4.69) is 52.9 Å². The summed E-state index contributed by atoms with van der Waals surface area (Å²) in [6.45, 7) is 4.02. The van der Waals surface area contributed by atoms with Crippen molar-refractivity contribution in [2.75, 3.05) is 0 Å². The van der Waals surface area contributed by atoms with E-state index < -0.39 is 0 Å². The van der Waals surface area contributed by atoms with Crippen molar-refractivity contribution in [2.24, 2.45) is 0 Å². The minimum atomic E-state index is 0.952. The highest BCUT2D eigenvalue weighted by Gasteiger charge is 1.99. The van der Waals surface area contributed by atoms with Crippen LogP contribution in [-0.2, 0) is 6.42 Å². The fourth-order valence-electron chi connectivity index (χ4n) is 1.25. The van der Waals surface area contributed by atoms with Crippen LogP contribution in [0.3, 0.4) is 0 Å². The van der Waals surface area contributed by atoms with Gasteiger partial charge in [0.25, 0.3) is 0 Å². The highest BCUT2D eigenvalue weighted by Crippen LogP contribution is 2.20. The van der Waals surface area contributed by atoms with Gasteiger partial charge in [-0.05, 0) is 37.5 Å². The molecule has 0 saturated carbocycles. The number of halogens is 1. The molecule has 1 aromatic carbocycles. The van der Waals surface area contributed by atoms with Crippen molar-refractivity contribution in [3.8, 4) is 11.8 Å². The lowest BCUT2D eigenvalue weighted by atomic mass is 10.0. The maximum absolute atomic E-state index is 3.52. The van der Waals surface area contributed by atoms with Crippen molar-refractivity contribution in [1.82, 2.24) is 0 Å². The van der Waals surface area contributed by atoms with Crippen molar-refractivity contribution in [1.29, 1.82) is 0 Å². The standard InChI is InChI=1S/C12H13Br/c1-3-4-5-7-11-8-6-9-12(13)10(11)2/h6,8-9H,5,7H2,1-2H3. The first-order valence-electron chi connectivity index (χ1n) is 4.39. The number of benzene rings is 1. The van der Waals surface area contributed by atoms with Crippen molar-refractivity contribution in [2.45, 2.75) is 26.7 Å². The second kappa shape index (κ2) is 5.09. The molecule has 0 spiro atoms. The lowest BCUT2D eigenvalue weighted by Gasteiger charge is -2.04. The molecule has 13 heavy (non-hydrogen) atoms. The van der Waals surface area contributed by atoms with E-state index >= 15 is 0 Å². The van der Waals surface area contributed by atoms with Gasteiger partial charge >= 0.3 is 0 Å². The summed E-state index contributed by atoms with van der Waals surface area (Å²) in [4.78, 5) is 0. The Morgan fingerprint density at radius 2 is 2.15 bits per heavy atom. The van der Waals surface area contributed by atoms with Crippen LogP contribution in [0.15, 0.2) is 22.7 Å². The number of rotatable bonds is 2. The minimum absolute atomic E-state index is 0.952. The molecule has 0 atom stereocenters.